The van der Waals surface area contributed by atoms with Gasteiger partial charge in [-0.2, -0.15) is 0 Å². The maximum Gasteiger partial charge on any atom is 0.410 e. The number of likely N-dealkylation sites (tertiary alicyclic amines) is 1. The Labute approximate surface area is 174 Å². The fourth-order valence-electron chi connectivity index (χ4n) is 3.08. The van der Waals surface area contributed by atoms with E-state index >= 15 is 0 Å². The van der Waals surface area contributed by atoms with E-state index in [0.717, 1.165) is 0 Å². The first kappa shape index (κ1) is 22.6. The Bertz CT molecular complexity index is 734. The van der Waals surface area contributed by atoms with Crippen molar-refractivity contribution in [3.63, 3.8) is 0 Å². The van der Waals surface area contributed by atoms with Crippen molar-refractivity contribution in [3.05, 3.63) is 27.7 Å². The Kier molecular flexibility index (Phi) is 7.42. The number of benzene rings is 1. The summed E-state index contributed by atoms with van der Waals surface area (Å²) in [5, 5.41) is 0.562. The van der Waals surface area contributed by atoms with E-state index in [0.29, 0.717) is 22.8 Å². The highest BCUT2D eigenvalue weighted by molar-refractivity contribution is 6.42. The molecule has 1 aliphatic heterocycles. The number of methoxy groups -OCH3 is 2. The van der Waals surface area contributed by atoms with Crippen molar-refractivity contribution in [3.8, 4) is 5.75 Å². The summed E-state index contributed by atoms with van der Waals surface area (Å²) in [7, 11) is 2.81. The number of carbonyl (C=O) groups excluding carboxylic acids is 2. The Hall–Kier alpha value is -1.70. The molecule has 156 valence electrons. The normalized spacial score (nSPS) is 19.5. The minimum atomic E-state index is -0.696. The summed E-state index contributed by atoms with van der Waals surface area (Å²) < 4.78 is 21.0. The van der Waals surface area contributed by atoms with Gasteiger partial charge in [-0.25, -0.2) is 4.79 Å². The molecule has 0 radical (unpaired) electrons. The average Bonchev–Trinajstić information content (AvgIpc) is 3.05. The standard InChI is InChI=1S/C19H25Cl2NO6/c1-19(2,3)28-18(24)22-9-11(17(23)26-5)8-13(22)15-14(27-10-25-4)7-6-12(20)16(15)21/h6-7,11,13H,8-10H2,1-5H3/t11-,13-/m1/s1. The van der Waals surface area contributed by atoms with Crippen molar-refractivity contribution < 1.29 is 28.5 Å². The van der Waals surface area contributed by atoms with Gasteiger partial charge in [-0.1, -0.05) is 23.2 Å². The molecule has 0 aliphatic carbocycles. The van der Waals surface area contributed by atoms with Crippen LogP contribution in [0, 0.1) is 5.92 Å². The third kappa shape index (κ3) is 5.21. The number of nitrogens with zero attached hydrogens (tertiary/aromatic N) is 1. The van der Waals surface area contributed by atoms with E-state index in [2.05, 4.69) is 0 Å². The summed E-state index contributed by atoms with van der Waals surface area (Å²) in [5.41, 5.74) is -0.193. The van der Waals surface area contributed by atoms with Crippen molar-refractivity contribution in [2.45, 2.75) is 38.8 Å². The Morgan fingerprint density at radius 1 is 1.21 bits per heavy atom. The summed E-state index contributed by atoms with van der Waals surface area (Å²) in [6, 6.07) is 2.68. The number of amides is 1. The van der Waals surface area contributed by atoms with Gasteiger partial charge in [0.05, 0.1) is 29.1 Å². The first-order valence-corrected chi connectivity index (χ1v) is 9.51. The molecule has 0 unspecified atom stereocenters. The number of hydrogen-bond donors (Lipinski definition) is 0. The van der Waals surface area contributed by atoms with E-state index in [9.17, 15) is 9.59 Å². The molecule has 7 nitrogen and oxygen atoms in total. The van der Waals surface area contributed by atoms with Crippen molar-refractivity contribution in [1.29, 1.82) is 0 Å². The molecule has 1 aromatic rings. The van der Waals surface area contributed by atoms with Gasteiger partial charge in [0.2, 0.25) is 0 Å². The fourth-order valence-corrected chi connectivity index (χ4v) is 3.52. The van der Waals surface area contributed by atoms with Gasteiger partial charge in [0.1, 0.15) is 11.4 Å². The van der Waals surface area contributed by atoms with Crippen LogP contribution in [0.4, 0.5) is 4.79 Å². The molecule has 9 heteroatoms. The van der Waals surface area contributed by atoms with Crippen LogP contribution in [-0.4, -0.2) is 50.1 Å². The predicted octanol–water partition coefficient (Wildman–Crippen LogP) is 4.45. The first-order chi connectivity index (χ1) is 13.1. The molecule has 0 aromatic heterocycles. The molecular formula is C19H25Cl2NO6. The van der Waals surface area contributed by atoms with Gasteiger partial charge in [-0.05, 0) is 39.3 Å². The zero-order valence-corrected chi connectivity index (χ0v) is 18.1. The van der Waals surface area contributed by atoms with E-state index < -0.39 is 29.6 Å². The van der Waals surface area contributed by atoms with Crippen LogP contribution < -0.4 is 4.74 Å². The number of ether oxygens (including phenoxy) is 4. The Balaban J connectivity index is 2.47. The summed E-state index contributed by atoms with van der Waals surface area (Å²) in [6.07, 6.45) is -0.257. The molecule has 0 saturated carbocycles. The average molecular weight is 434 g/mol. The second-order valence-electron chi connectivity index (χ2n) is 7.43. The van der Waals surface area contributed by atoms with Crippen molar-refractivity contribution in [2.24, 2.45) is 5.92 Å². The molecule has 1 heterocycles. The maximum atomic E-state index is 12.8. The molecule has 0 bridgehead atoms. The van der Waals surface area contributed by atoms with Gasteiger partial charge in [-0.15, -0.1) is 0 Å². The molecule has 2 rings (SSSR count). The van der Waals surface area contributed by atoms with E-state index in [1.807, 2.05) is 0 Å². The Morgan fingerprint density at radius 3 is 2.46 bits per heavy atom. The maximum absolute atomic E-state index is 12.8. The van der Waals surface area contributed by atoms with Gasteiger partial charge in [0, 0.05) is 19.2 Å². The van der Waals surface area contributed by atoms with Gasteiger partial charge in [-0.3, -0.25) is 4.79 Å². The lowest BCUT2D eigenvalue weighted by molar-refractivity contribution is -0.144. The third-order valence-corrected chi connectivity index (χ3v) is 5.04. The highest BCUT2D eigenvalue weighted by Crippen LogP contribution is 2.46. The molecule has 2 atom stereocenters. The minimum Gasteiger partial charge on any atom is -0.469 e. The quantitative estimate of drug-likeness (QED) is 0.504. The molecule has 28 heavy (non-hydrogen) atoms. The second kappa shape index (κ2) is 9.20. The molecular weight excluding hydrogens is 409 g/mol. The summed E-state index contributed by atoms with van der Waals surface area (Å²) in [5.74, 6) is -0.512. The minimum absolute atomic E-state index is 0.00938. The molecule has 1 amide bonds. The highest BCUT2D eigenvalue weighted by atomic mass is 35.5. The second-order valence-corrected chi connectivity index (χ2v) is 8.21. The van der Waals surface area contributed by atoms with Gasteiger partial charge in [0.25, 0.3) is 0 Å². The van der Waals surface area contributed by atoms with E-state index in [-0.39, 0.29) is 18.4 Å². The summed E-state index contributed by atoms with van der Waals surface area (Å²) >= 11 is 12.7. The first-order valence-electron chi connectivity index (χ1n) is 8.76. The van der Waals surface area contributed by atoms with Crippen LogP contribution in [0.15, 0.2) is 12.1 Å². The molecule has 0 spiro atoms. The lowest BCUT2D eigenvalue weighted by Gasteiger charge is -2.30. The van der Waals surface area contributed by atoms with Crippen LogP contribution in [-0.2, 0) is 19.0 Å². The smallest absolute Gasteiger partial charge is 0.410 e. The van der Waals surface area contributed by atoms with Crippen molar-refractivity contribution >= 4 is 35.3 Å². The van der Waals surface area contributed by atoms with Crippen molar-refractivity contribution in [2.75, 3.05) is 27.6 Å². The molecule has 1 aromatic carbocycles. The van der Waals surface area contributed by atoms with Gasteiger partial charge < -0.3 is 23.8 Å². The van der Waals surface area contributed by atoms with Crippen LogP contribution in [0.2, 0.25) is 10.0 Å². The largest absolute Gasteiger partial charge is 0.469 e. The van der Waals surface area contributed by atoms with Crippen LogP contribution in [0.25, 0.3) is 0 Å². The van der Waals surface area contributed by atoms with E-state index in [1.54, 1.807) is 32.9 Å². The zero-order valence-electron chi connectivity index (χ0n) is 16.6. The fraction of sp³-hybridized carbons (Fsp3) is 0.579. The Morgan fingerprint density at radius 2 is 1.89 bits per heavy atom. The van der Waals surface area contributed by atoms with Crippen molar-refractivity contribution in [1.82, 2.24) is 4.90 Å². The predicted molar refractivity (Wildman–Crippen MR) is 105 cm³/mol. The topological polar surface area (TPSA) is 74.3 Å². The molecule has 1 aliphatic rings. The van der Waals surface area contributed by atoms with Crippen LogP contribution in [0.5, 0.6) is 5.75 Å². The number of halogens is 2. The number of rotatable bonds is 5. The number of hydrogen-bond acceptors (Lipinski definition) is 6. The SMILES string of the molecule is COCOc1ccc(Cl)c(Cl)c1[C@H]1C[C@@H](C(=O)OC)CN1C(=O)OC(C)(C)C. The monoisotopic (exact) mass is 433 g/mol. The molecule has 0 N–H and O–H groups in total. The number of esters is 1. The lowest BCUT2D eigenvalue weighted by atomic mass is 9.99. The van der Waals surface area contributed by atoms with E-state index in [1.165, 1.54) is 19.1 Å². The third-order valence-electron chi connectivity index (χ3n) is 4.22. The highest BCUT2D eigenvalue weighted by Gasteiger charge is 2.44. The van der Waals surface area contributed by atoms with Crippen LogP contribution in [0.3, 0.4) is 0 Å². The summed E-state index contributed by atoms with van der Waals surface area (Å²) in [4.78, 5) is 26.4. The summed E-state index contributed by atoms with van der Waals surface area (Å²) in [6.45, 7) is 5.44. The van der Waals surface area contributed by atoms with E-state index in [4.69, 9.17) is 42.1 Å². The van der Waals surface area contributed by atoms with Gasteiger partial charge >= 0.3 is 12.1 Å². The lowest BCUT2D eigenvalue weighted by Crippen LogP contribution is -2.37. The zero-order chi connectivity index (χ0) is 21.1. The van der Waals surface area contributed by atoms with Gasteiger partial charge in [0.15, 0.2) is 6.79 Å². The number of carbonyl (C=O) groups is 2. The van der Waals surface area contributed by atoms with Crippen LogP contribution >= 0.6 is 23.2 Å². The molecule has 1 saturated heterocycles. The van der Waals surface area contributed by atoms with Crippen LogP contribution in [0.1, 0.15) is 38.8 Å². The molecule has 1 fully saturated rings.